The summed E-state index contributed by atoms with van der Waals surface area (Å²) in [5, 5.41) is 19.5. The van der Waals surface area contributed by atoms with Crippen LogP contribution in [0.4, 0.5) is 0 Å². The number of amides is 4. The second-order valence-corrected chi connectivity index (χ2v) is 12.6. The van der Waals surface area contributed by atoms with Crippen molar-refractivity contribution in [3.63, 3.8) is 0 Å². The Morgan fingerprint density at radius 1 is 0.714 bits per heavy atom. The van der Waals surface area contributed by atoms with Crippen LogP contribution in [0.2, 0.25) is 0 Å². The fourth-order valence-corrected chi connectivity index (χ4v) is 6.10. The summed E-state index contributed by atoms with van der Waals surface area (Å²) in [6.45, 7) is 1.68. The molecule has 0 saturated heterocycles. The number of fused-ring (bicyclic) bond motifs is 1. The van der Waals surface area contributed by atoms with Crippen LogP contribution < -0.4 is 16.0 Å². The molecule has 3 atom stereocenters. The van der Waals surface area contributed by atoms with Crippen LogP contribution in [0, 0.1) is 5.92 Å². The first kappa shape index (κ1) is 35.0. The van der Waals surface area contributed by atoms with Crippen molar-refractivity contribution in [3.8, 4) is 0 Å². The van der Waals surface area contributed by atoms with Crippen molar-refractivity contribution < 1.29 is 24.3 Å². The molecule has 0 heterocycles. The van der Waals surface area contributed by atoms with Crippen molar-refractivity contribution in [2.24, 2.45) is 5.92 Å². The van der Waals surface area contributed by atoms with E-state index >= 15 is 0 Å². The van der Waals surface area contributed by atoms with Crippen LogP contribution >= 0.6 is 0 Å². The molecule has 0 spiro atoms. The minimum atomic E-state index is -1.50. The van der Waals surface area contributed by atoms with Gasteiger partial charge in [0.05, 0.1) is 6.54 Å². The Morgan fingerprint density at radius 2 is 1.24 bits per heavy atom. The van der Waals surface area contributed by atoms with E-state index in [1.54, 1.807) is 6.92 Å². The van der Waals surface area contributed by atoms with Crippen LogP contribution in [0.25, 0.3) is 0 Å². The topological polar surface area (TPSA) is 128 Å². The fourth-order valence-electron chi connectivity index (χ4n) is 6.10. The Morgan fingerprint density at radius 3 is 1.84 bits per heavy atom. The summed E-state index contributed by atoms with van der Waals surface area (Å²) in [6, 6.07) is 34.4. The van der Waals surface area contributed by atoms with Gasteiger partial charge in [0.2, 0.25) is 17.7 Å². The van der Waals surface area contributed by atoms with Crippen LogP contribution in [0.3, 0.4) is 0 Å². The molecule has 4 amide bonds. The van der Waals surface area contributed by atoms with Gasteiger partial charge in [-0.15, -0.1) is 0 Å². The molecule has 0 radical (unpaired) electrons. The van der Waals surface area contributed by atoms with E-state index < -0.39 is 35.9 Å². The van der Waals surface area contributed by atoms with Gasteiger partial charge >= 0.3 is 0 Å². The number of hydrogen-bond donors (Lipinski definition) is 4. The van der Waals surface area contributed by atoms with Crippen LogP contribution in [0.5, 0.6) is 0 Å². The number of carbonyl (C=O) groups excluding carboxylic acids is 4. The standard InChI is InChI=1S/C40H44N4O5/c1-28(42-38(47)34-23-32-19-11-12-20-33(32)24-34)37(46)43-35(22-21-29-13-5-2-6-14-29)40(49)44(26-31-17-9-4-10-18-31)27-36(45)39(48)41-25-30-15-7-3-8-16-30/h2-20,28,34-36,45H,21-27H2,1H3,(H,41,48)(H,42,47)(H,43,46)/t28-,35-,36-/m0/s1. The Hall–Kier alpha value is -5.28. The average molecular weight is 661 g/mol. The fraction of sp³-hybridized carbons (Fsp3) is 0.300. The quantitative estimate of drug-likeness (QED) is 0.155. The molecule has 0 bridgehead atoms. The molecule has 0 aromatic heterocycles. The van der Waals surface area contributed by atoms with Crippen molar-refractivity contribution in [2.75, 3.05) is 6.54 Å². The van der Waals surface area contributed by atoms with E-state index in [2.05, 4.69) is 16.0 Å². The molecule has 0 unspecified atom stereocenters. The molecular weight excluding hydrogens is 616 g/mol. The van der Waals surface area contributed by atoms with Gasteiger partial charge in [-0.2, -0.15) is 0 Å². The molecule has 1 aliphatic rings. The van der Waals surface area contributed by atoms with Crippen LogP contribution in [0.1, 0.15) is 41.2 Å². The lowest BCUT2D eigenvalue weighted by atomic mass is 10.0. The van der Waals surface area contributed by atoms with Gasteiger partial charge < -0.3 is 26.0 Å². The maximum atomic E-state index is 14.3. The zero-order valence-corrected chi connectivity index (χ0v) is 27.8. The lowest BCUT2D eigenvalue weighted by Crippen LogP contribution is -2.55. The maximum absolute atomic E-state index is 14.3. The third-order valence-electron chi connectivity index (χ3n) is 8.89. The molecule has 254 valence electrons. The first-order valence-electron chi connectivity index (χ1n) is 16.8. The van der Waals surface area contributed by atoms with Crippen LogP contribution in [-0.2, 0) is 51.5 Å². The molecule has 0 aliphatic heterocycles. The first-order valence-corrected chi connectivity index (χ1v) is 16.8. The molecule has 4 N–H and O–H groups in total. The van der Waals surface area contributed by atoms with Gasteiger partial charge in [0.25, 0.3) is 5.91 Å². The largest absolute Gasteiger partial charge is 0.381 e. The van der Waals surface area contributed by atoms with Gasteiger partial charge in [0, 0.05) is 19.0 Å². The van der Waals surface area contributed by atoms with Crippen molar-refractivity contribution in [1.82, 2.24) is 20.9 Å². The number of benzene rings is 4. The Balaban J connectivity index is 1.29. The van der Waals surface area contributed by atoms with E-state index in [0.29, 0.717) is 19.3 Å². The summed E-state index contributed by atoms with van der Waals surface area (Å²) in [5.41, 5.74) is 4.95. The number of nitrogens with one attached hydrogen (secondary N) is 3. The summed E-state index contributed by atoms with van der Waals surface area (Å²) in [4.78, 5) is 55.4. The molecule has 5 rings (SSSR count). The monoisotopic (exact) mass is 660 g/mol. The van der Waals surface area contributed by atoms with E-state index in [-0.39, 0.29) is 37.9 Å². The van der Waals surface area contributed by atoms with E-state index in [4.69, 9.17) is 0 Å². The number of rotatable bonds is 15. The minimum Gasteiger partial charge on any atom is -0.381 e. The summed E-state index contributed by atoms with van der Waals surface area (Å²) in [7, 11) is 0. The number of aliphatic hydroxyl groups is 1. The Bertz CT molecular complexity index is 1670. The highest BCUT2D eigenvalue weighted by atomic mass is 16.3. The normalized spacial score (nSPS) is 14.2. The zero-order valence-electron chi connectivity index (χ0n) is 27.8. The SMILES string of the molecule is C[C@H](NC(=O)C1Cc2ccccc2C1)C(=O)N[C@@H](CCc1ccccc1)C(=O)N(Cc1ccccc1)C[C@H](O)C(=O)NCc1ccccc1. The molecule has 0 saturated carbocycles. The summed E-state index contributed by atoms with van der Waals surface area (Å²) in [5.74, 6) is -2.01. The van der Waals surface area contributed by atoms with Gasteiger partial charge in [0.15, 0.2) is 0 Å². The maximum Gasteiger partial charge on any atom is 0.250 e. The highest BCUT2D eigenvalue weighted by Crippen LogP contribution is 2.26. The average Bonchev–Trinajstić information content (AvgIpc) is 3.58. The number of carbonyl (C=O) groups is 4. The molecule has 4 aromatic rings. The van der Waals surface area contributed by atoms with Crippen LogP contribution in [0.15, 0.2) is 115 Å². The highest BCUT2D eigenvalue weighted by molar-refractivity contribution is 5.93. The highest BCUT2D eigenvalue weighted by Gasteiger charge is 2.32. The molecular formula is C40H44N4O5. The summed E-state index contributed by atoms with van der Waals surface area (Å²) < 4.78 is 0. The summed E-state index contributed by atoms with van der Waals surface area (Å²) >= 11 is 0. The smallest absolute Gasteiger partial charge is 0.250 e. The third-order valence-corrected chi connectivity index (χ3v) is 8.89. The Labute approximate surface area is 287 Å². The van der Waals surface area contributed by atoms with Gasteiger partial charge in [-0.3, -0.25) is 19.2 Å². The Kier molecular flexibility index (Phi) is 12.3. The molecule has 0 fully saturated rings. The van der Waals surface area contributed by atoms with Gasteiger partial charge in [-0.05, 0) is 60.4 Å². The number of nitrogens with zero attached hydrogens (tertiary/aromatic N) is 1. The van der Waals surface area contributed by atoms with E-state index in [9.17, 15) is 24.3 Å². The third kappa shape index (κ3) is 10.1. The predicted octanol–water partition coefficient (Wildman–Crippen LogP) is 3.73. The van der Waals surface area contributed by atoms with Crippen molar-refractivity contribution >= 4 is 23.6 Å². The van der Waals surface area contributed by atoms with Gasteiger partial charge in [-0.1, -0.05) is 115 Å². The van der Waals surface area contributed by atoms with Crippen molar-refractivity contribution in [1.29, 1.82) is 0 Å². The van der Waals surface area contributed by atoms with E-state index in [1.807, 2.05) is 115 Å². The lowest BCUT2D eigenvalue weighted by molar-refractivity contribution is -0.141. The van der Waals surface area contributed by atoms with Crippen molar-refractivity contribution in [3.05, 3.63) is 143 Å². The van der Waals surface area contributed by atoms with Gasteiger partial charge in [-0.25, -0.2) is 0 Å². The van der Waals surface area contributed by atoms with E-state index in [0.717, 1.165) is 27.8 Å². The summed E-state index contributed by atoms with van der Waals surface area (Å²) in [6.07, 6.45) is 0.497. The number of aliphatic hydroxyl groups excluding tert-OH is 1. The van der Waals surface area contributed by atoms with E-state index in [1.165, 1.54) is 4.90 Å². The number of aryl methyl sites for hydroxylation is 1. The lowest BCUT2D eigenvalue weighted by Gasteiger charge is -2.30. The molecule has 9 heteroatoms. The second kappa shape index (κ2) is 17.2. The molecule has 4 aromatic carbocycles. The molecule has 49 heavy (non-hydrogen) atoms. The van der Waals surface area contributed by atoms with Gasteiger partial charge in [0.1, 0.15) is 18.2 Å². The van der Waals surface area contributed by atoms with Crippen LogP contribution in [-0.4, -0.2) is 58.4 Å². The van der Waals surface area contributed by atoms with Crippen molar-refractivity contribution in [2.45, 2.75) is 63.9 Å². The zero-order chi connectivity index (χ0) is 34.6. The minimum absolute atomic E-state index is 0.120. The first-order chi connectivity index (χ1) is 23.8. The number of hydrogen-bond acceptors (Lipinski definition) is 5. The second-order valence-electron chi connectivity index (χ2n) is 12.6. The molecule has 1 aliphatic carbocycles. The molecule has 9 nitrogen and oxygen atoms in total. The predicted molar refractivity (Wildman–Crippen MR) is 188 cm³/mol.